The average Bonchev–Trinajstić information content (AvgIpc) is 3.36. The first-order chi connectivity index (χ1) is 17.9. The van der Waals surface area contributed by atoms with Crippen LogP contribution in [0.4, 0.5) is 4.39 Å². The van der Waals surface area contributed by atoms with Crippen LogP contribution in [0.25, 0.3) is 0 Å². The zero-order valence-corrected chi connectivity index (χ0v) is 21.3. The van der Waals surface area contributed by atoms with Gasteiger partial charge in [-0.05, 0) is 30.3 Å². The molecule has 0 N–H and O–H groups in total. The maximum atomic E-state index is 13.8. The summed E-state index contributed by atoms with van der Waals surface area (Å²) in [7, 11) is 3.07. The molecule has 0 saturated carbocycles. The van der Waals surface area contributed by atoms with E-state index in [1.54, 1.807) is 13.2 Å². The highest BCUT2D eigenvalue weighted by atomic mass is 35.5. The van der Waals surface area contributed by atoms with Crippen LogP contribution in [0.2, 0.25) is 5.02 Å². The van der Waals surface area contributed by atoms with Crippen LogP contribution in [0.1, 0.15) is 33.9 Å². The van der Waals surface area contributed by atoms with Crippen molar-refractivity contribution in [2.45, 2.75) is 12.5 Å². The maximum Gasteiger partial charge on any atom is 0.262 e. The van der Waals surface area contributed by atoms with Crippen molar-refractivity contribution in [3.63, 3.8) is 0 Å². The molecule has 37 heavy (non-hydrogen) atoms. The van der Waals surface area contributed by atoms with Crippen molar-refractivity contribution in [2.24, 2.45) is 5.10 Å². The Hall–Kier alpha value is -3.75. The van der Waals surface area contributed by atoms with Crippen LogP contribution < -0.4 is 4.74 Å². The highest BCUT2D eigenvalue weighted by molar-refractivity contribution is 6.34. The zero-order chi connectivity index (χ0) is 26.4. The number of methoxy groups -OCH3 is 2. The van der Waals surface area contributed by atoms with Gasteiger partial charge in [-0.25, -0.2) is 9.40 Å². The number of carbonyl (C=O) groups is 2. The summed E-state index contributed by atoms with van der Waals surface area (Å²) in [6, 6.07) is 19.6. The van der Waals surface area contributed by atoms with E-state index < -0.39 is 23.7 Å². The summed E-state index contributed by atoms with van der Waals surface area (Å²) in [5, 5.41) is 6.57. The minimum atomic E-state index is -0.534. The number of hydrogen-bond donors (Lipinski definition) is 0. The predicted octanol–water partition coefficient (Wildman–Crippen LogP) is 4.95. The van der Waals surface area contributed by atoms with E-state index in [1.165, 1.54) is 35.2 Å². The van der Waals surface area contributed by atoms with E-state index in [0.29, 0.717) is 22.9 Å². The summed E-state index contributed by atoms with van der Waals surface area (Å²) in [5.41, 5.74) is 2.30. The first-order valence-corrected chi connectivity index (χ1v) is 12.1. The van der Waals surface area contributed by atoms with Crippen molar-refractivity contribution in [2.75, 3.05) is 33.9 Å². The third-order valence-electron chi connectivity index (χ3n) is 6.10. The molecule has 0 radical (unpaired) electrons. The van der Waals surface area contributed by atoms with Crippen molar-refractivity contribution in [1.29, 1.82) is 0 Å². The van der Waals surface area contributed by atoms with Crippen molar-refractivity contribution in [3.8, 4) is 5.75 Å². The Morgan fingerprint density at radius 2 is 1.84 bits per heavy atom. The molecule has 7 nitrogen and oxygen atoms in total. The normalized spacial score (nSPS) is 14.9. The van der Waals surface area contributed by atoms with Gasteiger partial charge in [0.25, 0.3) is 11.8 Å². The zero-order valence-electron chi connectivity index (χ0n) is 20.6. The number of benzene rings is 3. The topological polar surface area (TPSA) is 71.4 Å². The molecule has 4 rings (SSSR count). The van der Waals surface area contributed by atoms with Gasteiger partial charge in [0.2, 0.25) is 0 Å². The minimum absolute atomic E-state index is 0.145. The van der Waals surface area contributed by atoms with Crippen LogP contribution in [0, 0.1) is 5.82 Å². The van der Waals surface area contributed by atoms with Gasteiger partial charge in [0.1, 0.15) is 18.1 Å². The van der Waals surface area contributed by atoms with Crippen LogP contribution in [-0.4, -0.2) is 61.4 Å². The molecule has 0 unspecified atom stereocenters. The lowest BCUT2D eigenvalue weighted by molar-refractivity contribution is -0.133. The molecule has 1 aliphatic heterocycles. The van der Waals surface area contributed by atoms with Gasteiger partial charge in [0.05, 0.1) is 25.5 Å². The Labute approximate surface area is 220 Å². The molecular formula is C28H27ClFN3O4. The van der Waals surface area contributed by atoms with Crippen molar-refractivity contribution in [1.82, 2.24) is 9.91 Å². The van der Waals surface area contributed by atoms with Crippen LogP contribution >= 0.6 is 11.6 Å². The van der Waals surface area contributed by atoms with E-state index in [0.717, 1.165) is 17.2 Å². The monoisotopic (exact) mass is 523 g/mol. The molecule has 0 saturated heterocycles. The number of nitrogens with zero attached hydrogens (tertiary/aromatic N) is 3. The lowest BCUT2D eigenvalue weighted by Crippen LogP contribution is -2.42. The molecule has 1 aliphatic rings. The van der Waals surface area contributed by atoms with Gasteiger partial charge in [-0.3, -0.25) is 9.59 Å². The number of ether oxygens (including phenoxy) is 2. The summed E-state index contributed by atoms with van der Waals surface area (Å²) in [6.07, 6.45) is 0.408. The van der Waals surface area contributed by atoms with Gasteiger partial charge in [0, 0.05) is 41.8 Å². The first kappa shape index (κ1) is 26.3. The fraction of sp³-hybridized carbons (Fsp3) is 0.250. The standard InChI is InChI=1S/C28H27ClFN3O4/c1-36-15-14-32(28(35)19-8-7-9-20(30)16-19)18-27(34)33-25(22-11-4-6-13-26(22)37-2)17-24(31-33)21-10-3-5-12-23(21)29/h3-13,16,25H,14-15,17-18H2,1-2H3/t25-/m1/s1. The number of amides is 2. The van der Waals surface area contributed by atoms with Crippen LogP contribution in [0.3, 0.4) is 0 Å². The third kappa shape index (κ3) is 5.98. The second-order valence-corrected chi connectivity index (χ2v) is 8.86. The maximum absolute atomic E-state index is 13.8. The molecule has 3 aromatic carbocycles. The molecule has 1 heterocycles. The highest BCUT2D eigenvalue weighted by Gasteiger charge is 2.36. The SMILES string of the molecule is COCCN(CC(=O)N1N=C(c2ccccc2Cl)C[C@@H]1c1ccccc1OC)C(=O)c1cccc(F)c1. The molecule has 3 aromatic rings. The second-order valence-electron chi connectivity index (χ2n) is 8.46. The summed E-state index contributed by atoms with van der Waals surface area (Å²) in [6.45, 7) is 0.0773. The Balaban J connectivity index is 1.67. The minimum Gasteiger partial charge on any atom is -0.496 e. The lowest BCUT2D eigenvalue weighted by Gasteiger charge is -2.27. The van der Waals surface area contributed by atoms with Crippen molar-refractivity contribution >= 4 is 29.1 Å². The summed E-state index contributed by atoms with van der Waals surface area (Å²) >= 11 is 6.44. The van der Waals surface area contributed by atoms with Gasteiger partial charge >= 0.3 is 0 Å². The molecule has 9 heteroatoms. The summed E-state index contributed by atoms with van der Waals surface area (Å²) in [5.74, 6) is -0.798. The van der Waals surface area contributed by atoms with Gasteiger partial charge < -0.3 is 14.4 Å². The van der Waals surface area contributed by atoms with E-state index in [2.05, 4.69) is 5.10 Å². The molecule has 2 amide bonds. The number of hydrazone groups is 1. The fourth-order valence-electron chi connectivity index (χ4n) is 4.28. The number of hydrogen-bond acceptors (Lipinski definition) is 5. The predicted molar refractivity (Wildman–Crippen MR) is 139 cm³/mol. The second kappa shape index (κ2) is 12.0. The van der Waals surface area contributed by atoms with Gasteiger partial charge in [-0.1, -0.05) is 54.1 Å². The molecule has 1 atom stereocenters. The van der Waals surface area contributed by atoms with Gasteiger partial charge in [-0.15, -0.1) is 0 Å². The smallest absolute Gasteiger partial charge is 0.262 e. The Morgan fingerprint density at radius 1 is 1.08 bits per heavy atom. The molecule has 0 aliphatic carbocycles. The third-order valence-corrected chi connectivity index (χ3v) is 6.43. The number of para-hydroxylation sites is 1. The van der Waals surface area contributed by atoms with Crippen molar-refractivity contribution < 1.29 is 23.5 Å². The quantitative estimate of drug-likeness (QED) is 0.398. The summed E-state index contributed by atoms with van der Waals surface area (Å²) < 4.78 is 24.5. The van der Waals surface area contributed by atoms with Crippen LogP contribution in [0.15, 0.2) is 77.9 Å². The number of halogens is 2. The Bertz CT molecular complexity index is 1320. The molecular weight excluding hydrogens is 497 g/mol. The highest BCUT2D eigenvalue weighted by Crippen LogP contribution is 2.38. The van der Waals surface area contributed by atoms with Crippen LogP contribution in [-0.2, 0) is 9.53 Å². The average molecular weight is 524 g/mol. The van der Waals surface area contributed by atoms with E-state index >= 15 is 0 Å². The molecule has 0 spiro atoms. The Morgan fingerprint density at radius 3 is 2.57 bits per heavy atom. The molecule has 0 fully saturated rings. The molecule has 0 aromatic heterocycles. The largest absolute Gasteiger partial charge is 0.496 e. The van der Waals surface area contributed by atoms with Gasteiger partial charge in [0.15, 0.2) is 0 Å². The van der Waals surface area contributed by atoms with E-state index in [1.807, 2.05) is 42.5 Å². The molecule has 0 bridgehead atoms. The Kier molecular flexibility index (Phi) is 8.53. The first-order valence-electron chi connectivity index (χ1n) is 11.7. The lowest BCUT2D eigenvalue weighted by atomic mass is 9.97. The van der Waals surface area contributed by atoms with E-state index in [4.69, 9.17) is 21.1 Å². The van der Waals surface area contributed by atoms with E-state index in [9.17, 15) is 14.0 Å². The van der Waals surface area contributed by atoms with Gasteiger partial charge in [-0.2, -0.15) is 5.10 Å². The molecule has 192 valence electrons. The van der Waals surface area contributed by atoms with Crippen molar-refractivity contribution in [3.05, 3.63) is 100 Å². The number of rotatable bonds is 9. The van der Waals surface area contributed by atoms with E-state index in [-0.39, 0.29) is 25.3 Å². The number of carbonyl (C=O) groups excluding carboxylic acids is 2. The fourth-order valence-corrected chi connectivity index (χ4v) is 4.52. The van der Waals surface area contributed by atoms with Crippen LogP contribution in [0.5, 0.6) is 5.75 Å². The summed E-state index contributed by atoms with van der Waals surface area (Å²) in [4.78, 5) is 28.2.